The lowest BCUT2D eigenvalue weighted by atomic mass is 9.84. The predicted molar refractivity (Wildman–Crippen MR) is 277 cm³/mol. The SMILES string of the molecule is CCCCCCCCCCCCCC=CC=CC(=O)OC(COC(=O)CCCCCCCCCCCCC)COP(=O)(O)OC1C(OC2OC(CO)C(O)C(O)C2O)C(O)C(O)C(O)C1OC1OC(CO)C(O)C(O)C1O. The van der Waals surface area contributed by atoms with Gasteiger partial charge in [0.05, 0.1) is 19.8 Å². The minimum atomic E-state index is -5.66. The highest BCUT2D eigenvalue weighted by atomic mass is 31.2. The first-order valence-corrected chi connectivity index (χ1v) is 29.7. The third-order valence-corrected chi connectivity index (χ3v) is 15.1. The molecular weight excluding hydrogens is 1040 g/mol. The van der Waals surface area contributed by atoms with E-state index in [1.54, 1.807) is 6.08 Å². The van der Waals surface area contributed by atoms with Crippen LogP contribution in [0.4, 0.5) is 0 Å². The number of allylic oxidation sites excluding steroid dienone is 3. The summed E-state index contributed by atoms with van der Waals surface area (Å²) >= 11 is 0. The molecule has 3 aliphatic rings. The molecule has 0 spiro atoms. The number of unbranched alkanes of at least 4 members (excludes halogenated alkanes) is 21. The number of esters is 2. The topological polar surface area (TPSA) is 368 Å². The van der Waals surface area contributed by atoms with Crippen molar-refractivity contribution in [2.24, 2.45) is 0 Å². The Kier molecular flexibility index (Phi) is 34.7. The monoisotopic (exact) mass is 1130 g/mol. The molecule has 3 rings (SSSR count). The van der Waals surface area contributed by atoms with Crippen molar-refractivity contribution >= 4 is 19.8 Å². The zero-order chi connectivity index (χ0) is 56.8. The molecule has 16 unspecified atom stereocenters. The number of phosphoric acid groups is 1. The van der Waals surface area contributed by atoms with Crippen molar-refractivity contribution in [3.63, 3.8) is 0 Å². The zero-order valence-corrected chi connectivity index (χ0v) is 46.1. The van der Waals surface area contributed by atoms with Crippen LogP contribution in [0.2, 0.25) is 0 Å². The molecule has 0 radical (unpaired) electrons. The highest BCUT2D eigenvalue weighted by Gasteiger charge is 2.58. The van der Waals surface area contributed by atoms with E-state index in [9.17, 15) is 75.2 Å². The Bertz CT molecular complexity index is 1640. The standard InChI is InChI=1S/C53H95O23P/c1-3-5-7-9-11-13-15-16-17-18-20-22-24-26-28-30-39(57)71-35(33-69-38(56)29-27-25-23-21-19-14-12-10-8-6-4-2)34-70-77(67,68)76-51-49(74-52-47(65)42(60)40(58)36(31-54)72-52)45(63)44(62)46(64)50(51)75-53-48(66)43(61)41(59)37(32-55)73-53/h24,26,28,30,35-37,40-55,58-66H,3-23,25,27,29,31-34H2,1-2H3,(H,67,68). The van der Waals surface area contributed by atoms with Gasteiger partial charge in [0, 0.05) is 12.5 Å². The first-order valence-electron chi connectivity index (χ1n) is 28.2. The van der Waals surface area contributed by atoms with E-state index in [1.165, 1.54) is 89.5 Å². The molecule has 16 atom stereocenters. The highest BCUT2D eigenvalue weighted by molar-refractivity contribution is 7.47. The summed E-state index contributed by atoms with van der Waals surface area (Å²) in [5.74, 6) is -1.59. The summed E-state index contributed by atoms with van der Waals surface area (Å²) in [5.41, 5.74) is 0. The fourth-order valence-electron chi connectivity index (χ4n) is 9.38. The number of carbonyl (C=O) groups excluding carboxylic acids is 2. The van der Waals surface area contributed by atoms with Crippen LogP contribution in [0.1, 0.15) is 168 Å². The van der Waals surface area contributed by atoms with Crippen LogP contribution in [-0.2, 0) is 51.6 Å². The molecule has 77 heavy (non-hydrogen) atoms. The van der Waals surface area contributed by atoms with Gasteiger partial charge in [-0.05, 0) is 19.3 Å². The molecule has 0 amide bonds. The Morgan fingerprint density at radius 1 is 0.519 bits per heavy atom. The average Bonchev–Trinajstić information content (AvgIpc) is 3.43. The second-order valence-electron chi connectivity index (χ2n) is 20.5. The zero-order valence-electron chi connectivity index (χ0n) is 45.2. The number of ether oxygens (including phenoxy) is 6. The maximum atomic E-state index is 14.0. The van der Waals surface area contributed by atoms with Gasteiger partial charge in [-0.25, -0.2) is 9.36 Å². The Morgan fingerprint density at radius 2 is 0.935 bits per heavy atom. The Hall–Kier alpha value is -2.07. The number of rotatable bonds is 40. The van der Waals surface area contributed by atoms with E-state index in [4.69, 9.17) is 37.5 Å². The van der Waals surface area contributed by atoms with Crippen LogP contribution in [0.15, 0.2) is 24.3 Å². The lowest BCUT2D eigenvalue weighted by Gasteiger charge is -2.49. The summed E-state index contributed by atoms with van der Waals surface area (Å²) in [6.45, 7) is 0.871. The number of phosphoric ester groups is 1. The van der Waals surface area contributed by atoms with Gasteiger partial charge in [0.15, 0.2) is 18.7 Å². The van der Waals surface area contributed by atoms with E-state index in [2.05, 4.69) is 13.8 Å². The van der Waals surface area contributed by atoms with Crippen LogP contribution < -0.4 is 0 Å². The van der Waals surface area contributed by atoms with Crippen molar-refractivity contribution < 1.29 is 113 Å². The molecule has 450 valence electrons. The van der Waals surface area contributed by atoms with Crippen LogP contribution in [0.5, 0.6) is 0 Å². The van der Waals surface area contributed by atoms with E-state index < -0.39 is 150 Å². The predicted octanol–water partition coefficient (Wildman–Crippen LogP) is 2.92. The molecule has 12 N–H and O–H groups in total. The van der Waals surface area contributed by atoms with Crippen LogP contribution >= 0.6 is 7.82 Å². The summed E-state index contributed by atoms with van der Waals surface area (Å²) in [4.78, 5) is 37.2. The molecule has 23 nitrogen and oxygen atoms in total. The summed E-state index contributed by atoms with van der Waals surface area (Å²) in [5, 5.41) is 116. The van der Waals surface area contributed by atoms with Crippen LogP contribution in [0.3, 0.4) is 0 Å². The molecule has 1 aliphatic carbocycles. The first kappa shape index (κ1) is 69.2. The van der Waals surface area contributed by atoms with Crippen molar-refractivity contribution in [1.82, 2.24) is 0 Å². The quantitative estimate of drug-likeness (QED) is 0.0138. The molecule has 24 heteroatoms. The van der Waals surface area contributed by atoms with E-state index in [1.807, 2.05) is 6.08 Å². The lowest BCUT2D eigenvalue weighted by Crippen LogP contribution is -2.69. The summed E-state index contributed by atoms with van der Waals surface area (Å²) in [7, 11) is -5.66. The number of hydrogen-bond acceptors (Lipinski definition) is 22. The van der Waals surface area contributed by atoms with E-state index >= 15 is 0 Å². The van der Waals surface area contributed by atoms with Gasteiger partial charge < -0.3 is 89.5 Å². The molecule has 2 heterocycles. The average molecular weight is 1130 g/mol. The maximum Gasteiger partial charge on any atom is 0.472 e. The molecule has 0 aromatic heterocycles. The number of hydrogen-bond donors (Lipinski definition) is 12. The molecule has 2 saturated heterocycles. The first-order chi connectivity index (χ1) is 36.9. The van der Waals surface area contributed by atoms with Crippen molar-refractivity contribution in [2.45, 2.75) is 272 Å². The summed E-state index contributed by atoms with van der Waals surface area (Å²) < 4.78 is 57.7. The van der Waals surface area contributed by atoms with E-state index in [0.717, 1.165) is 63.9 Å². The number of carbonyl (C=O) groups is 2. The minimum absolute atomic E-state index is 0.0355. The fourth-order valence-corrected chi connectivity index (χ4v) is 10.3. The second-order valence-corrected chi connectivity index (χ2v) is 21.9. The molecule has 0 aromatic rings. The Labute approximate surface area is 454 Å². The van der Waals surface area contributed by atoms with Crippen molar-refractivity contribution in [1.29, 1.82) is 0 Å². The van der Waals surface area contributed by atoms with Crippen molar-refractivity contribution in [3.05, 3.63) is 24.3 Å². The Morgan fingerprint density at radius 3 is 1.38 bits per heavy atom. The van der Waals surface area contributed by atoms with E-state index in [-0.39, 0.29) is 6.42 Å². The van der Waals surface area contributed by atoms with Crippen LogP contribution in [0, 0.1) is 0 Å². The van der Waals surface area contributed by atoms with Gasteiger partial charge in [-0.1, -0.05) is 160 Å². The van der Waals surface area contributed by atoms with Gasteiger partial charge in [0.1, 0.15) is 92.1 Å². The Balaban J connectivity index is 1.76. The number of aliphatic hydroxyl groups excluding tert-OH is 11. The van der Waals surface area contributed by atoms with Gasteiger partial charge in [-0.3, -0.25) is 13.8 Å². The second kappa shape index (κ2) is 38.6. The third-order valence-electron chi connectivity index (χ3n) is 14.1. The fraction of sp³-hybridized carbons (Fsp3) is 0.887. The van der Waals surface area contributed by atoms with Gasteiger partial charge in [-0.15, -0.1) is 0 Å². The molecular formula is C53H95O23P. The maximum absolute atomic E-state index is 14.0. The normalized spacial score (nSPS) is 32.1. The summed E-state index contributed by atoms with van der Waals surface area (Å²) in [6.07, 6.45) is -3.18. The number of aliphatic hydroxyl groups is 11. The largest absolute Gasteiger partial charge is 0.472 e. The van der Waals surface area contributed by atoms with Gasteiger partial charge >= 0.3 is 19.8 Å². The third kappa shape index (κ3) is 24.9. The van der Waals surface area contributed by atoms with Gasteiger partial charge in [-0.2, -0.15) is 0 Å². The van der Waals surface area contributed by atoms with Crippen LogP contribution in [0.25, 0.3) is 0 Å². The molecule has 1 saturated carbocycles. The smallest absolute Gasteiger partial charge is 0.462 e. The van der Waals surface area contributed by atoms with Gasteiger partial charge in [0.25, 0.3) is 0 Å². The van der Waals surface area contributed by atoms with Crippen molar-refractivity contribution in [3.8, 4) is 0 Å². The molecule has 2 aliphatic heterocycles. The minimum Gasteiger partial charge on any atom is -0.462 e. The lowest BCUT2D eigenvalue weighted by molar-refractivity contribution is -0.360. The molecule has 0 bridgehead atoms. The summed E-state index contributed by atoms with van der Waals surface area (Å²) in [6, 6.07) is 0. The molecule has 3 fully saturated rings. The van der Waals surface area contributed by atoms with E-state index in [0.29, 0.717) is 6.42 Å². The van der Waals surface area contributed by atoms with Gasteiger partial charge in [0.2, 0.25) is 0 Å². The van der Waals surface area contributed by atoms with Crippen LogP contribution in [-0.4, -0.2) is 204 Å². The molecule has 0 aromatic carbocycles. The highest BCUT2D eigenvalue weighted by Crippen LogP contribution is 2.49. The van der Waals surface area contributed by atoms with Crippen molar-refractivity contribution in [2.75, 3.05) is 26.4 Å².